The third kappa shape index (κ3) is 1.14. The smallest absolute Gasteiger partial charge is 0.0901 e. The first-order chi connectivity index (χ1) is 5.77. The molecule has 2 rings (SSSR count). The van der Waals surface area contributed by atoms with Crippen LogP contribution in [0.4, 0.5) is 0 Å². The molecule has 0 saturated heterocycles. The molecule has 0 N–H and O–H groups in total. The Morgan fingerprint density at radius 2 is 1.67 bits per heavy atom. The van der Waals surface area contributed by atoms with Crippen LogP contribution in [-0.4, -0.2) is 9.97 Å². The van der Waals surface area contributed by atoms with Crippen LogP contribution < -0.4 is 0 Å². The van der Waals surface area contributed by atoms with Crippen molar-refractivity contribution in [2.24, 2.45) is 0 Å². The van der Waals surface area contributed by atoms with E-state index in [1.165, 1.54) is 0 Å². The van der Waals surface area contributed by atoms with Crippen LogP contribution in [0.3, 0.4) is 0 Å². The largest absolute Gasteiger partial charge is 0.253 e. The van der Waals surface area contributed by atoms with Crippen LogP contribution in [0.1, 0.15) is 5.56 Å². The summed E-state index contributed by atoms with van der Waals surface area (Å²) < 4.78 is 0. The topological polar surface area (TPSA) is 25.8 Å². The highest BCUT2D eigenvalue weighted by Gasteiger charge is 1.99. The molecule has 0 amide bonds. The summed E-state index contributed by atoms with van der Waals surface area (Å²) in [5, 5.41) is 0.739. The van der Waals surface area contributed by atoms with Crippen molar-refractivity contribution < 1.29 is 0 Å². The molecule has 0 aliphatic carbocycles. The van der Waals surface area contributed by atoms with Crippen LogP contribution in [0.5, 0.6) is 0 Å². The molecule has 0 atom stereocenters. The molecule has 1 aromatic heterocycles. The van der Waals surface area contributed by atoms with Gasteiger partial charge in [-0.15, -0.1) is 0 Å². The van der Waals surface area contributed by atoms with Crippen LogP contribution in [0.2, 0.25) is 5.02 Å². The monoisotopic (exact) mass is 178 g/mol. The Balaban J connectivity index is 2.84. The first-order valence-corrected chi connectivity index (χ1v) is 4.02. The van der Waals surface area contributed by atoms with Crippen molar-refractivity contribution in [3.05, 3.63) is 35.1 Å². The molecule has 0 fully saturated rings. The first-order valence-electron chi connectivity index (χ1n) is 3.64. The van der Waals surface area contributed by atoms with Gasteiger partial charge in [0.05, 0.1) is 11.0 Å². The van der Waals surface area contributed by atoms with Crippen molar-refractivity contribution in [1.82, 2.24) is 9.97 Å². The molecule has 0 unspecified atom stereocenters. The molecule has 0 saturated carbocycles. The van der Waals surface area contributed by atoms with E-state index in [0.717, 1.165) is 21.6 Å². The normalized spacial score (nSPS) is 10.5. The third-order valence-corrected chi connectivity index (χ3v) is 2.16. The molecule has 0 aliphatic heterocycles. The quantitative estimate of drug-likeness (QED) is 0.620. The van der Waals surface area contributed by atoms with Gasteiger partial charge in [0.1, 0.15) is 0 Å². The molecule has 0 radical (unpaired) electrons. The summed E-state index contributed by atoms with van der Waals surface area (Å²) in [5.74, 6) is 0. The predicted molar refractivity (Wildman–Crippen MR) is 49.3 cm³/mol. The number of hydrogen-bond acceptors (Lipinski definition) is 2. The van der Waals surface area contributed by atoms with Crippen LogP contribution in [-0.2, 0) is 0 Å². The Bertz CT molecular complexity index is 385. The number of benzene rings is 1. The maximum Gasteiger partial charge on any atom is 0.0901 e. The second kappa shape index (κ2) is 2.72. The maximum absolute atomic E-state index is 5.92. The Kier molecular flexibility index (Phi) is 1.70. The van der Waals surface area contributed by atoms with Gasteiger partial charge in [-0.3, -0.25) is 9.97 Å². The van der Waals surface area contributed by atoms with Gasteiger partial charge in [-0.1, -0.05) is 11.6 Å². The Hall–Kier alpha value is -1.15. The van der Waals surface area contributed by atoms with Gasteiger partial charge in [0.2, 0.25) is 0 Å². The zero-order valence-electron chi connectivity index (χ0n) is 6.58. The molecule has 3 heteroatoms. The van der Waals surface area contributed by atoms with Gasteiger partial charge >= 0.3 is 0 Å². The molecular weight excluding hydrogens is 172 g/mol. The minimum Gasteiger partial charge on any atom is -0.253 e. The summed E-state index contributed by atoms with van der Waals surface area (Å²) in [6.07, 6.45) is 3.34. The van der Waals surface area contributed by atoms with E-state index >= 15 is 0 Å². The molecule has 2 nitrogen and oxygen atoms in total. The van der Waals surface area contributed by atoms with E-state index < -0.39 is 0 Å². The van der Waals surface area contributed by atoms with E-state index in [-0.39, 0.29) is 0 Å². The van der Waals surface area contributed by atoms with Crippen LogP contribution >= 0.6 is 11.6 Å². The number of aryl methyl sites for hydroxylation is 1. The lowest BCUT2D eigenvalue weighted by molar-refractivity contribution is 1.28. The van der Waals surface area contributed by atoms with Gasteiger partial charge < -0.3 is 0 Å². The minimum atomic E-state index is 0.739. The Morgan fingerprint density at radius 3 is 2.33 bits per heavy atom. The highest BCUT2D eigenvalue weighted by atomic mass is 35.5. The summed E-state index contributed by atoms with van der Waals surface area (Å²) >= 11 is 5.92. The summed E-state index contributed by atoms with van der Waals surface area (Å²) in [4.78, 5) is 8.30. The van der Waals surface area contributed by atoms with E-state index in [1.807, 2.05) is 19.1 Å². The third-order valence-electron chi connectivity index (χ3n) is 1.75. The highest BCUT2D eigenvalue weighted by Crippen LogP contribution is 2.19. The van der Waals surface area contributed by atoms with Gasteiger partial charge in [0, 0.05) is 17.4 Å². The molecule has 0 aliphatic rings. The van der Waals surface area contributed by atoms with E-state index in [9.17, 15) is 0 Å². The van der Waals surface area contributed by atoms with E-state index in [1.54, 1.807) is 12.4 Å². The lowest BCUT2D eigenvalue weighted by Crippen LogP contribution is -1.83. The summed E-state index contributed by atoms with van der Waals surface area (Å²) in [7, 11) is 0. The Morgan fingerprint density at radius 1 is 1.08 bits per heavy atom. The molecular formula is C9H7ClN2. The van der Waals surface area contributed by atoms with E-state index in [2.05, 4.69) is 9.97 Å². The van der Waals surface area contributed by atoms with Crippen LogP contribution in [0.15, 0.2) is 24.5 Å². The molecule has 0 spiro atoms. The number of halogens is 1. The Labute approximate surface area is 75.2 Å². The fourth-order valence-electron chi connectivity index (χ4n) is 1.09. The number of hydrogen-bond donors (Lipinski definition) is 0. The van der Waals surface area contributed by atoms with Gasteiger partial charge in [0.25, 0.3) is 0 Å². The summed E-state index contributed by atoms with van der Waals surface area (Å²) in [6.45, 7) is 1.95. The minimum absolute atomic E-state index is 0.739. The maximum atomic E-state index is 5.92. The first kappa shape index (κ1) is 7.50. The number of rotatable bonds is 0. The molecule has 60 valence electrons. The van der Waals surface area contributed by atoms with E-state index in [0.29, 0.717) is 0 Å². The average Bonchev–Trinajstić information content (AvgIpc) is 2.07. The zero-order valence-corrected chi connectivity index (χ0v) is 7.34. The molecule has 1 heterocycles. The van der Waals surface area contributed by atoms with Crippen molar-refractivity contribution >= 4 is 22.6 Å². The van der Waals surface area contributed by atoms with Crippen molar-refractivity contribution in [3.63, 3.8) is 0 Å². The lowest BCUT2D eigenvalue weighted by atomic mass is 10.2. The number of nitrogens with zero attached hydrogens (tertiary/aromatic N) is 2. The molecule has 0 bridgehead atoms. The van der Waals surface area contributed by atoms with Gasteiger partial charge in [-0.2, -0.15) is 0 Å². The average molecular weight is 179 g/mol. The van der Waals surface area contributed by atoms with Gasteiger partial charge in [0.15, 0.2) is 0 Å². The number of fused-ring (bicyclic) bond motifs is 1. The SMILES string of the molecule is Cc1cc2nccnc2cc1Cl. The molecule has 1 aromatic carbocycles. The second-order valence-corrected chi connectivity index (χ2v) is 3.05. The van der Waals surface area contributed by atoms with Crippen LogP contribution in [0.25, 0.3) is 11.0 Å². The standard InChI is InChI=1S/C9H7ClN2/c1-6-4-8-9(5-7(6)10)12-3-2-11-8/h2-5H,1H3. The number of aromatic nitrogens is 2. The van der Waals surface area contributed by atoms with Crippen molar-refractivity contribution in [2.75, 3.05) is 0 Å². The zero-order chi connectivity index (χ0) is 8.55. The lowest BCUT2D eigenvalue weighted by Gasteiger charge is -1.99. The molecule has 12 heavy (non-hydrogen) atoms. The summed E-state index contributed by atoms with van der Waals surface area (Å²) in [6, 6.07) is 3.77. The predicted octanol–water partition coefficient (Wildman–Crippen LogP) is 2.59. The van der Waals surface area contributed by atoms with E-state index in [4.69, 9.17) is 11.6 Å². The van der Waals surface area contributed by atoms with Gasteiger partial charge in [-0.25, -0.2) is 0 Å². The highest BCUT2D eigenvalue weighted by molar-refractivity contribution is 6.32. The van der Waals surface area contributed by atoms with Gasteiger partial charge in [-0.05, 0) is 24.6 Å². The second-order valence-electron chi connectivity index (χ2n) is 2.65. The fourth-order valence-corrected chi connectivity index (χ4v) is 1.25. The van der Waals surface area contributed by atoms with Crippen LogP contribution in [0, 0.1) is 6.92 Å². The van der Waals surface area contributed by atoms with Crippen molar-refractivity contribution in [3.8, 4) is 0 Å². The molecule has 2 aromatic rings. The fraction of sp³-hybridized carbons (Fsp3) is 0.111. The van der Waals surface area contributed by atoms with Crippen molar-refractivity contribution in [1.29, 1.82) is 0 Å². The summed E-state index contributed by atoms with van der Waals surface area (Å²) in [5.41, 5.74) is 2.76. The van der Waals surface area contributed by atoms with Crippen molar-refractivity contribution in [2.45, 2.75) is 6.92 Å².